The number of aromatic nitrogens is 4. The van der Waals surface area contributed by atoms with Crippen molar-refractivity contribution in [3.63, 3.8) is 0 Å². The number of para-hydroxylation sites is 2. The summed E-state index contributed by atoms with van der Waals surface area (Å²) in [7, 11) is 0. The summed E-state index contributed by atoms with van der Waals surface area (Å²) in [5.41, 5.74) is 2.94. The number of rotatable bonds is 10. The molecule has 0 aliphatic carbocycles. The Kier molecular flexibility index (Phi) is 9.03. The van der Waals surface area contributed by atoms with Gasteiger partial charge in [0.05, 0.1) is 5.69 Å². The summed E-state index contributed by atoms with van der Waals surface area (Å²) >= 11 is 1.60. The second-order valence-corrected chi connectivity index (χ2v) is 7.82. The van der Waals surface area contributed by atoms with Crippen molar-refractivity contribution in [2.75, 3.05) is 12.3 Å². The summed E-state index contributed by atoms with van der Waals surface area (Å²) in [5.74, 6) is 1.40. The average molecular weight is 471 g/mol. The van der Waals surface area contributed by atoms with Crippen molar-refractivity contribution in [3.05, 3.63) is 95.8 Å². The molecular formula is C23H22ClFN5OS-. The van der Waals surface area contributed by atoms with E-state index in [-0.39, 0.29) is 18.2 Å². The van der Waals surface area contributed by atoms with Crippen molar-refractivity contribution in [3.8, 4) is 11.4 Å². The Balaban J connectivity index is 0.00000289. The molecule has 3 aromatic carbocycles. The molecular weight excluding hydrogens is 449 g/mol. The zero-order valence-corrected chi connectivity index (χ0v) is 18.8. The van der Waals surface area contributed by atoms with Crippen molar-refractivity contribution in [2.24, 2.45) is 0 Å². The highest BCUT2D eigenvalue weighted by Crippen LogP contribution is 2.20. The molecule has 0 saturated carbocycles. The number of nitrogens with one attached hydrogen (secondary N) is 1. The van der Waals surface area contributed by atoms with Gasteiger partial charge >= 0.3 is 0 Å². The van der Waals surface area contributed by atoms with Gasteiger partial charge in [-0.2, -0.15) is 4.68 Å². The van der Waals surface area contributed by atoms with Crippen LogP contribution in [0, 0.1) is 5.82 Å². The number of benzene rings is 3. The van der Waals surface area contributed by atoms with Gasteiger partial charge in [0, 0.05) is 24.4 Å². The van der Waals surface area contributed by atoms with E-state index in [4.69, 9.17) is 4.74 Å². The van der Waals surface area contributed by atoms with Gasteiger partial charge in [0.2, 0.25) is 5.16 Å². The van der Waals surface area contributed by atoms with Gasteiger partial charge in [0.1, 0.15) is 18.2 Å². The van der Waals surface area contributed by atoms with Crippen LogP contribution in [-0.2, 0) is 13.2 Å². The molecule has 0 aliphatic heterocycles. The average Bonchev–Trinajstić information content (AvgIpc) is 3.28. The molecule has 0 fully saturated rings. The highest BCUT2D eigenvalue weighted by atomic mass is 35.5. The molecule has 1 aromatic heterocycles. The number of nitrogens with zero attached hydrogens (tertiary/aromatic N) is 4. The van der Waals surface area contributed by atoms with Crippen molar-refractivity contribution >= 4 is 11.8 Å². The molecule has 166 valence electrons. The fourth-order valence-electron chi connectivity index (χ4n) is 2.97. The molecule has 0 radical (unpaired) electrons. The number of tetrazole rings is 1. The Labute approximate surface area is 196 Å². The quantitative estimate of drug-likeness (QED) is 0.278. The Morgan fingerprint density at radius 3 is 2.50 bits per heavy atom. The van der Waals surface area contributed by atoms with Gasteiger partial charge in [-0.15, -0.1) is 5.10 Å². The third-order valence-electron chi connectivity index (χ3n) is 4.55. The van der Waals surface area contributed by atoms with Crippen LogP contribution in [0.3, 0.4) is 0 Å². The lowest BCUT2D eigenvalue weighted by Crippen LogP contribution is -3.00. The predicted octanol–water partition coefficient (Wildman–Crippen LogP) is 1.27. The summed E-state index contributed by atoms with van der Waals surface area (Å²) in [6, 6.07) is 24.1. The normalized spacial score (nSPS) is 10.5. The second-order valence-electron chi connectivity index (χ2n) is 6.76. The first-order valence-corrected chi connectivity index (χ1v) is 10.9. The SMILES string of the molecule is Fc1ccc(COc2ccccc2CNCCSc2nnnn2-c2ccccc2)cc1.[Cl-]. The van der Waals surface area contributed by atoms with Crippen LogP contribution in [0.15, 0.2) is 84.0 Å². The van der Waals surface area contributed by atoms with E-state index in [0.717, 1.165) is 40.0 Å². The first kappa shape index (κ1) is 23.7. The van der Waals surface area contributed by atoms with E-state index < -0.39 is 0 Å². The Morgan fingerprint density at radius 2 is 1.69 bits per heavy atom. The maximum Gasteiger partial charge on any atom is 0.214 e. The first-order chi connectivity index (χ1) is 15.3. The van der Waals surface area contributed by atoms with Gasteiger partial charge in [0.15, 0.2) is 0 Å². The van der Waals surface area contributed by atoms with Gasteiger partial charge in [-0.25, -0.2) is 4.39 Å². The zero-order chi connectivity index (χ0) is 21.3. The maximum absolute atomic E-state index is 13.1. The van der Waals surface area contributed by atoms with Gasteiger partial charge in [-0.3, -0.25) is 0 Å². The molecule has 1 N–H and O–H groups in total. The summed E-state index contributed by atoms with van der Waals surface area (Å²) < 4.78 is 20.7. The lowest BCUT2D eigenvalue weighted by molar-refractivity contribution is -0.00000728. The minimum absolute atomic E-state index is 0. The van der Waals surface area contributed by atoms with Crippen LogP contribution in [0.2, 0.25) is 0 Å². The third-order valence-corrected chi connectivity index (χ3v) is 5.47. The van der Waals surface area contributed by atoms with E-state index in [1.165, 1.54) is 12.1 Å². The molecule has 4 aromatic rings. The smallest absolute Gasteiger partial charge is 0.214 e. The number of hydrogen-bond acceptors (Lipinski definition) is 6. The second kappa shape index (κ2) is 12.2. The fraction of sp³-hybridized carbons (Fsp3) is 0.174. The number of ether oxygens (including phenoxy) is 1. The molecule has 9 heteroatoms. The molecule has 0 bridgehead atoms. The van der Waals surface area contributed by atoms with E-state index in [9.17, 15) is 4.39 Å². The van der Waals surface area contributed by atoms with Gasteiger partial charge in [-0.1, -0.05) is 60.3 Å². The Hall–Kier alpha value is -2.94. The van der Waals surface area contributed by atoms with Gasteiger partial charge in [0.25, 0.3) is 0 Å². The van der Waals surface area contributed by atoms with Crippen LogP contribution in [0.25, 0.3) is 5.69 Å². The summed E-state index contributed by atoms with van der Waals surface area (Å²) in [5, 5.41) is 16.2. The maximum atomic E-state index is 13.1. The Morgan fingerprint density at radius 1 is 0.938 bits per heavy atom. The van der Waals surface area contributed by atoms with Crippen molar-refractivity contribution in [1.82, 2.24) is 25.5 Å². The van der Waals surface area contributed by atoms with Gasteiger partial charge < -0.3 is 22.5 Å². The minimum Gasteiger partial charge on any atom is -1.00 e. The fourth-order valence-corrected chi connectivity index (χ4v) is 3.76. The van der Waals surface area contributed by atoms with Crippen LogP contribution in [0.1, 0.15) is 11.1 Å². The van der Waals surface area contributed by atoms with Crippen LogP contribution < -0.4 is 22.5 Å². The third kappa shape index (κ3) is 6.53. The molecule has 0 saturated heterocycles. The predicted molar refractivity (Wildman–Crippen MR) is 119 cm³/mol. The molecule has 0 atom stereocenters. The molecule has 1 heterocycles. The number of hydrogen-bond donors (Lipinski definition) is 1. The molecule has 6 nitrogen and oxygen atoms in total. The highest BCUT2D eigenvalue weighted by molar-refractivity contribution is 7.99. The Bertz CT molecular complexity index is 1100. The molecule has 32 heavy (non-hydrogen) atoms. The molecule has 0 spiro atoms. The monoisotopic (exact) mass is 470 g/mol. The van der Waals surface area contributed by atoms with Crippen LogP contribution in [0.5, 0.6) is 5.75 Å². The number of thioether (sulfide) groups is 1. The molecule has 0 unspecified atom stereocenters. The van der Waals surface area contributed by atoms with E-state index in [0.29, 0.717) is 13.2 Å². The van der Waals surface area contributed by atoms with Crippen LogP contribution in [0.4, 0.5) is 4.39 Å². The standard InChI is InChI=1S/C23H22FN5OS.ClH/c24-20-12-10-18(11-13-20)17-30-22-9-5-4-6-19(22)16-25-14-15-31-23-26-27-28-29(23)21-7-2-1-3-8-21;/h1-13,25H,14-17H2;1H/p-1. The lowest BCUT2D eigenvalue weighted by atomic mass is 10.2. The summed E-state index contributed by atoms with van der Waals surface area (Å²) in [6.07, 6.45) is 0. The van der Waals surface area contributed by atoms with Crippen molar-refractivity contribution in [1.29, 1.82) is 0 Å². The lowest BCUT2D eigenvalue weighted by Gasteiger charge is -2.12. The van der Waals surface area contributed by atoms with Crippen LogP contribution in [-0.4, -0.2) is 32.5 Å². The van der Waals surface area contributed by atoms with E-state index in [1.54, 1.807) is 28.6 Å². The number of halogens is 2. The highest BCUT2D eigenvalue weighted by Gasteiger charge is 2.08. The minimum atomic E-state index is -0.246. The molecule has 4 rings (SSSR count). The van der Waals surface area contributed by atoms with E-state index in [1.807, 2.05) is 54.6 Å². The largest absolute Gasteiger partial charge is 1.00 e. The molecule has 0 amide bonds. The zero-order valence-electron chi connectivity index (χ0n) is 17.2. The van der Waals surface area contributed by atoms with Crippen LogP contribution >= 0.6 is 11.8 Å². The van der Waals surface area contributed by atoms with Crippen molar-refractivity contribution < 1.29 is 21.5 Å². The molecule has 0 aliphatic rings. The summed E-state index contributed by atoms with van der Waals surface area (Å²) in [6.45, 7) is 1.87. The van der Waals surface area contributed by atoms with E-state index >= 15 is 0 Å². The summed E-state index contributed by atoms with van der Waals surface area (Å²) in [4.78, 5) is 0. The van der Waals surface area contributed by atoms with E-state index in [2.05, 4.69) is 20.8 Å². The van der Waals surface area contributed by atoms with Gasteiger partial charge in [-0.05, 0) is 46.3 Å². The topological polar surface area (TPSA) is 64.9 Å². The van der Waals surface area contributed by atoms with Crippen molar-refractivity contribution in [2.45, 2.75) is 18.3 Å². The first-order valence-electron chi connectivity index (χ1n) is 9.92.